The van der Waals surface area contributed by atoms with Gasteiger partial charge in [-0.1, -0.05) is 13.3 Å². The highest BCUT2D eigenvalue weighted by Crippen LogP contribution is 2.18. The first-order chi connectivity index (χ1) is 8.93. The average Bonchev–Trinajstić information content (AvgIpc) is 2.75. The normalized spacial score (nSPS) is 13.7. The number of hydrogen-bond acceptors (Lipinski definition) is 4. The Bertz CT molecular complexity index is 438. The molecular weight excluding hydrogens is 246 g/mol. The van der Waals surface area contributed by atoms with Gasteiger partial charge >= 0.3 is 11.9 Å². The predicted octanol–water partition coefficient (Wildman–Crippen LogP) is 2.52. The van der Waals surface area contributed by atoms with Crippen LogP contribution in [0.3, 0.4) is 0 Å². The second-order valence-electron chi connectivity index (χ2n) is 4.52. The average molecular weight is 267 g/mol. The molecule has 0 aliphatic carbocycles. The molecule has 0 aromatic carbocycles. The number of carbonyl (C=O) groups is 2. The van der Waals surface area contributed by atoms with Gasteiger partial charge in [-0.2, -0.15) is 0 Å². The number of nitrogens with one attached hydrogen (secondary N) is 1. The number of hydrogen-bond donors (Lipinski definition) is 1. The summed E-state index contributed by atoms with van der Waals surface area (Å²) < 4.78 is 9.80. The Kier molecular flexibility index (Phi) is 5.60. The molecule has 1 aromatic rings. The van der Waals surface area contributed by atoms with Crippen molar-refractivity contribution in [1.82, 2.24) is 4.98 Å². The molecule has 106 valence electrons. The summed E-state index contributed by atoms with van der Waals surface area (Å²) in [5.74, 6) is -1.31. The third-order valence-corrected chi connectivity index (χ3v) is 2.72. The van der Waals surface area contributed by atoms with Gasteiger partial charge in [0, 0.05) is 25.2 Å². The van der Waals surface area contributed by atoms with E-state index < -0.39 is 24.1 Å². The molecule has 0 fully saturated rings. The predicted molar refractivity (Wildman–Crippen MR) is 70.5 cm³/mol. The molecule has 1 heterocycles. The van der Waals surface area contributed by atoms with Crippen LogP contribution in [0.2, 0.25) is 0 Å². The Morgan fingerprint density at radius 1 is 1.26 bits per heavy atom. The topological polar surface area (TPSA) is 68.4 Å². The summed E-state index contributed by atoms with van der Waals surface area (Å²) in [6.07, 6.45) is 1.13. The molecule has 2 atom stereocenters. The molecule has 0 bridgehead atoms. The van der Waals surface area contributed by atoms with Gasteiger partial charge in [-0.25, -0.2) is 0 Å². The van der Waals surface area contributed by atoms with E-state index in [1.165, 1.54) is 13.8 Å². The Morgan fingerprint density at radius 3 is 2.53 bits per heavy atom. The van der Waals surface area contributed by atoms with Crippen molar-refractivity contribution in [2.45, 2.75) is 52.7 Å². The molecule has 0 aliphatic heterocycles. The van der Waals surface area contributed by atoms with Gasteiger partial charge in [0.25, 0.3) is 0 Å². The maximum Gasteiger partial charge on any atom is 0.317 e. The van der Waals surface area contributed by atoms with E-state index in [1.807, 2.05) is 12.1 Å². The summed E-state index contributed by atoms with van der Waals surface area (Å²) >= 11 is 0. The summed E-state index contributed by atoms with van der Waals surface area (Å²) in [5.41, 5.74) is 1.91. The van der Waals surface area contributed by atoms with E-state index in [0.29, 0.717) is 0 Å². The number of aromatic nitrogens is 1. The van der Waals surface area contributed by atoms with Crippen molar-refractivity contribution in [3.63, 3.8) is 0 Å². The van der Waals surface area contributed by atoms with Crippen LogP contribution in [0.1, 0.15) is 51.4 Å². The summed E-state index contributed by atoms with van der Waals surface area (Å²) in [7, 11) is 0. The van der Waals surface area contributed by atoms with Crippen LogP contribution in [-0.4, -0.2) is 23.2 Å². The molecule has 5 heteroatoms. The van der Waals surface area contributed by atoms with Crippen molar-refractivity contribution in [1.29, 1.82) is 0 Å². The maximum atomic E-state index is 11.9. The van der Waals surface area contributed by atoms with Crippen LogP contribution < -0.4 is 0 Å². The van der Waals surface area contributed by atoms with Crippen LogP contribution in [0.4, 0.5) is 0 Å². The lowest BCUT2D eigenvalue weighted by molar-refractivity contribution is -0.183. The number of esters is 2. The monoisotopic (exact) mass is 267 g/mol. The molecule has 1 rings (SSSR count). The van der Waals surface area contributed by atoms with Crippen molar-refractivity contribution < 1.29 is 19.1 Å². The summed E-state index contributed by atoms with van der Waals surface area (Å²) in [4.78, 5) is 25.8. The molecule has 0 amide bonds. The minimum atomic E-state index is -0.863. The Morgan fingerprint density at radius 2 is 1.95 bits per heavy atom. The number of ether oxygens (including phenoxy) is 2. The highest BCUT2D eigenvalue weighted by Gasteiger charge is 2.21. The number of H-pyrrole nitrogens is 1. The number of carbonyl (C=O) groups excluding carboxylic acids is 2. The van der Waals surface area contributed by atoms with Crippen molar-refractivity contribution in [2.75, 3.05) is 0 Å². The molecule has 1 aromatic heterocycles. The zero-order valence-corrected chi connectivity index (χ0v) is 11.9. The van der Waals surface area contributed by atoms with Crippen LogP contribution in [-0.2, 0) is 25.5 Å². The Labute approximate surface area is 113 Å². The van der Waals surface area contributed by atoms with E-state index in [9.17, 15) is 9.59 Å². The zero-order valence-electron chi connectivity index (χ0n) is 11.9. The van der Waals surface area contributed by atoms with Gasteiger partial charge in [-0.05, 0) is 25.5 Å². The smallest absolute Gasteiger partial charge is 0.317 e. The molecule has 0 spiro atoms. The van der Waals surface area contributed by atoms with E-state index in [-0.39, 0.29) is 0 Å². The standard InChI is InChI=1S/C14H21NO4/c1-5-6-12-7-8-13(15-12)9(2)14(17)19-11(4)18-10(3)16/h7-9,11,15H,5-6H2,1-4H3/t9-,11?/m1/s1. The summed E-state index contributed by atoms with van der Waals surface area (Å²) in [5, 5.41) is 0. The first kappa shape index (κ1) is 15.3. The SMILES string of the molecule is CCCc1ccc([C@@H](C)C(=O)OC(C)OC(C)=O)[nH]1. The van der Waals surface area contributed by atoms with E-state index in [4.69, 9.17) is 9.47 Å². The number of aryl methyl sites for hydroxylation is 1. The lowest BCUT2D eigenvalue weighted by atomic mass is 10.1. The number of rotatable bonds is 6. The third kappa shape index (κ3) is 4.77. The van der Waals surface area contributed by atoms with Crippen LogP contribution in [0.15, 0.2) is 12.1 Å². The van der Waals surface area contributed by atoms with Crippen LogP contribution in [0, 0.1) is 0 Å². The van der Waals surface area contributed by atoms with Crippen LogP contribution >= 0.6 is 0 Å². The van der Waals surface area contributed by atoms with Gasteiger partial charge in [0.15, 0.2) is 0 Å². The number of aromatic amines is 1. The van der Waals surface area contributed by atoms with Crippen molar-refractivity contribution in [3.8, 4) is 0 Å². The second kappa shape index (κ2) is 6.97. The Balaban J connectivity index is 2.57. The van der Waals surface area contributed by atoms with E-state index in [2.05, 4.69) is 11.9 Å². The lowest BCUT2D eigenvalue weighted by Gasteiger charge is -2.15. The molecule has 1 N–H and O–H groups in total. The molecular formula is C14H21NO4. The van der Waals surface area contributed by atoms with Gasteiger partial charge < -0.3 is 14.5 Å². The van der Waals surface area contributed by atoms with Gasteiger partial charge in [-0.15, -0.1) is 0 Å². The van der Waals surface area contributed by atoms with E-state index >= 15 is 0 Å². The molecule has 0 saturated carbocycles. The molecule has 19 heavy (non-hydrogen) atoms. The fourth-order valence-corrected chi connectivity index (χ4v) is 1.78. The summed E-state index contributed by atoms with van der Waals surface area (Å²) in [6.45, 7) is 6.64. The molecule has 0 aliphatic rings. The largest absolute Gasteiger partial charge is 0.426 e. The van der Waals surface area contributed by atoms with Gasteiger partial charge in [0.1, 0.15) is 0 Å². The van der Waals surface area contributed by atoms with E-state index in [1.54, 1.807) is 6.92 Å². The lowest BCUT2D eigenvalue weighted by Crippen LogP contribution is -2.23. The molecule has 0 saturated heterocycles. The van der Waals surface area contributed by atoms with Gasteiger partial charge in [0.2, 0.25) is 6.29 Å². The van der Waals surface area contributed by atoms with Gasteiger partial charge in [-0.3, -0.25) is 9.59 Å². The zero-order chi connectivity index (χ0) is 14.4. The van der Waals surface area contributed by atoms with Crippen molar-refractivity contribution >= 4 is 11.9 Å². The van der Waals surface area contributed by atoms with Gasteiger partial charge in [0.05, 0.1) is 5.92 Å². The fourth-order valence-electron chi connectivity index (χ4n) is 1.78. The van der Waals surface area contributed by atoms with E-state index in [0.717, 1.165) is 24.2 Å². The molecule has 0 radical (unpaired) electrons. The van der Waals surface area contributed by atoms with Crippen LogP contribution in [0.25, 0.3) is 0 Å². The maximum absolute atomic E-state index is 11.9. The van der Waals surface area contributed by atoms with Crippen LogP contribution in [0.5, 0.6) is 0 Å². The fraction of sp³-hybridized carbons (Fsp3) is 0.571. The highest BCUT2D eigenvalue weighted by atomic mass is 16.7. The minimum absolute atomic E-state index is 0.413. The van der Waals surface area contributed by atoms with Crippen molar-refractivity contribution in [3.05, 3.63) is 23.5 Å². The summed E-state index contributed by atoms with van der Waals surface area (Å²) in [6, 6.07) is 3.85. The minimum Gasteiger partial charge on any atom is -0.426 e. The first-order valence-electron chi connectivity index (χ1n) is 6.49. The molecule has 1 unspecified atom stereocenters. The second-order valence-corrected chi connectivity index (χ2v) is 4.52. The Hall–Kier alpha value is -1.78. The first-order valence-corrected chi connectivity index (χ1v) is 6.49. The highest BCUT2D eigenvalue weighted by molar-refractivity contribution is 5.77. The third-order valence-electron chi connectivity index (χ3n) is 2.72. The van der Waals surface area contributed by atoms with Crippen molar-refractivity contribution in [2.24, 2.45) is 0 Å². The molecule has 5 nitrogen and oxygen atoms in total. The quantitative estimate of drug-likeness (QED) is 0.635.